The molecule has 0 N–H and O–H groups in total. The van der Waals surface area contributed by atoms with Crippen LogP contribution in [0.2, 0.25) is 0 Å². The first-order chi connectivity index (χ1) is 10.5. The number of hydrogen-bond acceptors (Lipinski definition) is 6. The molecule has 0 saturated heterocycles. The van der Waals surface area contributed by atoms with Gasteiger partial charge in [-0.3, -0.25) is 0 Å². The van der Waals surface area contributed by atoms with Crippen molar-refractivity contribution < 1.29 is 28.2 Å². The maximum absolute atomic E-state index is 12.0. The fourth-order valence-corrected chi connectivity index (χ4v) is 2.40. The van der Waals surface area contributed by atoms with Gasteiger partial charge < -0.3 is 18.6 Å². The van der Waals surface area contributed by atoms with Crippen molar-refractivity contribution in [3.05, 3.63) is 27.9 Å². The molecule has 0 radical (unpaired) electrons. The second-order valence-corrected chi connectivity index (χ2v) is 5.17. The van der Waals surface area contributed by atoms with Crippen LogP contribution in [-0.4, -0.2) is 25.3 Å². The van der Waals surface area contributed by atoms with Crippen LogP contribution in [0.5, 0.6) is 5.75 Å². The number of rotatable bonds is 4. The molecule has 0 amide bonds. The minimum Gasteiger partial charge on any atom is -0.462 e. The van der Waals surface area contributed by atoms with E-state index in [1.807, 2.05) is 0 Å². The van der Waals surface area contributed by atoms with E-state index in [4.69, 9.17) is 18.6 Å². The first kappa shape index (κ1) is 16.4. The van der Waals surface area contributed by atoms with Crippen LogP contribution in [0.15, 0.2) is 21.0 Å². The lowest BCUT2D eigenvalue weighted by atomic mass is 10.1. The van der Waals surface area contributed by atoms with Crippen molar-refractivity contribution in [3.8, 4) is 5.75 Å². The number of furan rings is 1. The number of fused-ring (bicyclic) bond motifs is 1. The van der Waals surface area contributed by atoms with Gasteiger partial charge in [-0.1, -0.05) is 0 Å². The van der Waals surface area contributed by atoms with Crippen molar-refractivity contribution in [2.45, 2.75) is 20.8 Å². The minimum absolute atomic E-state index is 0.206. The normalized spacial score (nSPS) is 10.5. The molecule has 0 fully saturated rings. The molecule has 0 unspecified atom stereocenters. The number of ether oxygens (including phenoxy) is 3. The number of carbonyl (C=O) groups is 2. The Kier molecular flexibility index (Phi) is 5.07. The lowest BCUT2D eigenvalue weighted by Gasteiger charge is -2.06. The topological polar surface area (TPSA) is 75.0 Å². The summed E-state index contributed by atoms with van der Waals surface area (Å²) in [6, 6.07) is 3.17. The largest absolute Gasteiger partial charge is 0.513 e. The molecular formula is C15H15BrO6. The Bertz CT molecular complexity index is 718. The van der Waals surface area contributed by atoms with Gasteiger partial charge in [0, 0.05) is 5.39 Å². The average Bonchev–Trinajstić information content (AvgIpc) is 2.74. The van der Waals surface area contributed by atoms with Gasteiger partial charge in [0.15, 0.2) is 0 Å². The van der Waals surface area contributed by atoms with Crippen molar-refractivity contribution in [2.24, 2.45) is 0 Å². The first-order valence-electron chi connectivity index (χ1n) is 6.72. The van der Waals surface area contributed by atoms with Crippen molar-refractivity contribution in [3.63, 3.8) is 0 Å². The summed E-state index contributed by atoms with van der Waals surface area (Å²) in [5, 5.41) is 0.512. The molecule has 0 spiro atoms. The third-order valence-corrected chi connectivity index (χ3v) is 3.47. The number of benzene rings is 1. The molecule has 0 aliphatic carbocycles. The Morgan fingerprint density at radius 3 is 2.50 bits per heavy atom. The van der Waals surface area contributed by atoms with E-state index in [1.54, 1.807) is 32.9 Å². The molecule has 1 heterocycles. The summed E-state index contributed by atoms with van der Waals surface area (Å²) in [5.74, 6) is 0.189. The molecule has 2 rings (SSSR count). The third-order valence-electron chi connectivity index (χ3n) is 2.85. The van der Waals surface area contributed by atoms with Gasteiger partial charge >= 0.3 is 12.1 Å². The minimum atomic E-state index is -0.819. The van der Waals surface area contributed by atoms with Crippen LogP contribution in [0, 0.1) is 6.92 Å². The predicted molar refractivity (Wildman–Crippen MR) is 82.3 cm³/mol. The third kappa shape index (κ3) is 3.24. The van der Waals surface area contributed by atoms with E-state index in [0.717, 1.165) is 0 Å². The van der Waals surface area contributed by atoms with Gasteiger partial charge in [-0.05, 0) is 48.8 Å². The van der Waals surface area contributed by atoms with E-state index in [2.05, 4.69) is 15.9 Å². The highest BCUT2D eigenvalue weighted by Gasteiger charge is 2.22. The molecule has 1 aromatic carbocycles. The van der Waals surface area contributed by atoms with Gasteiger partial charge in [0.2, 0.25) is 0 Å². The van der Waals surface area contributed by atoms with Crippen LogP contribution in [0.25, 0.3) is 11.0 Å². The predicted octanol–water partition coefficient (Wildman–Crippen LogP) is 4.22. The van der Waals surface area contributed by atoms with Gasteiger partial charge in [0.25, 0.3) is 0 Å². The van der Waals surface area contributed by atoms with E-state index in [9.17, 15) is 9.59 Å². The van der Waals surface area contributed by atoms with Crippen LogP contribution in [0.3, 0.4) is 0 Å². The zero-order chi connectivity index (χ0) is 16.3. The zero-order valence-corrected chi connectivity index (χ0v) is 14.0. The molecule has 2 aromatic rings. The average molecular weight is 371 g/mol. The molecule has 0 saturated carbocycles. The Morgan fingerprint density at radius 2 is 1.86 bits per heavy atom. The summed E-state index contributed by atoms with van der Waals surface area (Å²) in [7, 11) is 0. The highest BCUT2D eigenvalue weighted by Crippen LogP contribution is 2.35. The number of hydrogen-bond donors (Lipinski definition) is 0. The monoisotopic (exact) mass is 370 g/mol. The van der Waals surface area contributed by atoms with Crippen molar-refractivity contribution >= 4 is 39.0 Å². The summed E-state index contributed by atoms with van der Waals surface area (Å²) in [6.07, 6.45) is -0.819. The Hall–Kier alpha value is -2.02. The highest BCUT2D eigenvalue weighted by molar-refractivity contribution is 9.10. The van der Waals surface area contributed by atoms with Gasteiger partial charge in [0.1, 0.15) is 22.7 Å². The van der Waals surface area contributed by atoms with Crippen LogP contribution in [0.1, 0.15) is 30.0 Å². The molecule has 22 heavy (non-hydrogen) atoms. The van der Waals surface area contributed by atoms with E-state index >= 15 is 0 Å². The first-order valence-corrected chi connectivity index (χ1v) is 7.51. The number of carbonyl (C=O) groups excluding carboxylic acids is 2. The fraction of sp³-hybridized carbons (Fsp3) is 0.333. The number of halogens is 1. The fourth-order valence-electron chi connectivity index (χ4n) is 1.99. The Balaban J connectivity index is 2.48. The van der Waals surface area contributed by atoms with Gasteiger partial charge in [-0.2, -0.15) is 0 Å². The molecular weight excluding hydrogens is 356 g/mol. The van der Waals surface area contributed by atoms with Crippen LogP contribution >= 0.6 is 15.9 Å². The SMILES string of the molecule is CCOC(=O)Oc1cc2c(C(=O)OCC)c(C)oc2cc1Br. The van der Waals surface area contributed by atoms with E-state index in [1.165, 1.54) is 0 Å². The second-order valence-electron chi connectivity index (χ2n) is 4.32. The summed E-state index contributed by atoms with van der Waals surface area (Å²) in [6.45, 7) is 5.54. The van der Waals surface area contributed by atoms with E-state index in [-0.39, 0.29) is 19.0 Å². The smallest absolute Gasteiger partial charge is 0.462 e. The maximum Gasteiger partial charge on any atom is 0.513 e. The van der Waals surface area contributed by atoms with Gasteiger partial charge in [-0.25, -0.2) is 9.59 Å². The van der Waals surface area contributed by atoms with Crippen LogP contribution in [-0.2, 0) is 9.47 Å². The molecule has 1 aromatic heterocycles. The lowest BCUT2D eigenvalue weighted by molar-refractivity contribution is 0.0526. The Labute approximate surface area is 135 Å². The molecule has 7 heteroatoms. The van der Waals surface area contributed by atoms with Gasteiger partial charge in [-0.15, -0.1) is 0 Å². The maximum atomic E-state index is 12.0. The quantitative estimate of drug-likeness (QED) is 0.592. The van der Waals surface area contributed by atoms with Crippen LogP contribution < -0.4 is 4.74 Å². The number of aryl methyl sites for hydroxylation is 1. The summed E-state index contributed by atoms with van der Waals surface area (Å²) in [4.78, 5) is 23.5. The highest BCUT2D eigenvalue weighted by atomic mass is 79.9. The van der Waals surface area contributed by atoms with Crippen molar-refractivity contribution in [2.75, 3.05) is 13.2 Å². The van der Waals surface area contributed by atoms with Gasteiger partial charge in [0.05, 0.1) is 17.7 Å². The molecule has 0 aliphatic heterocycles. The van der Waals surface area contributed by atoms with Crippen molar-refractivity contribution in [1.29, 1.82) is 0 Å². The standard InChI is InChI=1S/C15H15BrO6/c1-4-19-14(17)13-8(3)21-11-7-10(16)12(6-9(11)13)22-15(18)20-5-2/h6-7H,4-5H2,1-3H3. The second kappa shape index (κ2) is 6.83. The molecule has 0 atom stereocenters. The Morgan fingerprint density at radius 1 is 1.18 bits per heavy atom. The summed E-state index contributed by atoms with van der Waals surface area (Å²) < 4.78 is 20.9. The molecule has 6 nitrogen and oxygen atoms in total. The van der Waals surface area contributed by atoms with E-state index in [0.29, 0.717) is 26.8 Å². The number of esters is 1. The summed E-state index contributed by atoms with van der Waals surface area (Å²) >= 11 is 3.29. The zero-order valence-electron chi connectivity index (χ0n) is 12.4. The molecule has 118 valence electrons. The molecule has 0 aliphatic rings. The van der Waals surface area contributed by atoms with Crippen molar-refractivity contribution in [1.82, 2.24) is 0 Å². The lowest BCUT2D eigenvalue weighted by Crippen LogP contribution is -2.10. The van der Waals surface area contributed by atoms with Crippen LogP contribution in [0.4, 0.5) is 4.79 Å². The summed E-state index contributed by atoms with van der Waals surface area (Å²) in [5.41, 5.74) is 0.807. The van der Waals surface area contributed by atoms with E-state index < -0.39 is 12.1 Å². The molecule has 0 bridgehead atoms.